The van der Waals surface area contributed by atoms with Crippen LogP contribution in [0.3, 0.4) is 0 Å². The number of halogens is 2. The maximum absolute atomic E-state index is 12.9. The molecule has 94 valence electrons. The molecule has 0 unspecified atom stereocenters. The van der Waals surface area contributed by atoms with Gasteiger partial charge in [-0.05, 0) is 19.9 Å². The highest BCUT2D eigenvalue weighted by Gasteiger charge is 2.25. The number of hydrogen-bond acceptors (Lipinski definition) is 4. The molecule has 0 saturated carbocycles. The van der Waals surface area contributed by atoms with E-state index in [1.807, 2.05) is 0 Å². The van der Waals surface area contributed by atoms with E-state index in [1.54, 1.807) is 13.8 Å². The van der Waals surface area contributed by atoms with E-state index in [9.17, 15) is 13.6 Å². The van der Waals surface area contributed by atoms with Gasteiger partial charge in [-0.2, -0.15) is 0 Å². The second-order valence-electron chi connectivity index (χ2n) is 3.26. The molecule has 17 heavy (non-hydrogen) atoms. The predicted octanol–water partition coefficient (Wildman–Crippen LogP) is 2.51. The lowest BCUT2D eigenvalue weighted by Crippen LogP contribution is -2.11. The van der Waals surface area contributed by atoms with E-state index in [0.717, 1.165) is 0 Å². The lowest BCUT2D eigenvalue weighted by Gasteiger charge is -2.12. The fourth-order valence-electron chi connectivity index (χ4n) is 1.40. The molecule has 0 radical (unpaired) electrons. The van der Waals surface area contributed by atoms with E-state index >= 15 is 0 Å². The van der Waals surface area contributed by atoms with Crippen molar-refractivity contribution in [3.8, 4) is 5.88 Å². The highest BCUT2D eigenvalue weighted by Crippen LogP contribution is 2.31. The smallest absolute Gasteiger partial charge is 0.338 e. The maximum Gasteiger partial charge on any atom is 0.338 e. The van der Waals surface area contributed by atoms with Crippen LogP contribution in [-0.2, 0) is 4.74 Å². The van der Waals surface area contributed by atoms with E-state index in [2.05, 4.69) is 4.98 Å². The number of aromatic nitrogens is 1. The molecule has 0 amide bonds. The lowest BCUT2D eigenvalue weighted by atomic mass is 10.1. The Labute approximate surface area is 97.6 Å². The normalized spacial score (nSPS) is 10.5. The molecule has 0 bridgehead atoms. The van der Waals surface area contributed by atoms with Gasteiger partial charge < -0.3 is 9.47 Å². The van der Waals surface area contributed by atoms with Crippen LogP contribution in [0.1, 0.15) is 35.0 Å². The molecule has 0 aliphatic rings. The second kappa shape index (κ2) is 5.56. The number of hydrogen-bond donors (Lipinski definition) is 0. The fourth-order valence-corrected chi connectivity index (χ4v) is 1.40. The molecule has 1 aromatic rings. The van der Waals surface area contributed by atoms with E-state index in [4.69, 9.17) is 9.47 Å². The Morgan fingerprint density at radius 3 is 2.65 bits per heavy atom. The minimum atomic E-state index is -2.85. The van der Waals surface area contributed by atoms with Gasteiger partial charge in [0.1, 0.15) is 0 Å². The van der Waals surface area contributed by atoms with E-state index in [-0.39, 0.29) is 18.1 Å². The van der Waals surface area contributed by atoms with Gasteiger partial charge in [0.25, 0.3) is 6.43 Å². The first kappa shape index (κ1) is 13.3. The Bertz CT molecular complexity index is 421. The summed E-state index contributed by atoms with van der Waals surface area (Å²) in [6.45, 7) is 3.30. The summed E-state index contributed by atoms with van der Waals surface area (Å²) in [5.41, 5.74) is -0.322. The summed E-state index contributed by atoms with van der Waals surface area (Å²) in [7, 11) is 1.22. The third-order valence-corrected chi connectivity index (χ3v) is 2.06. The monoisotopic (exact) mass is 245 g/mol. The predicted molar refractivity (Wildman–Crippen MR) is 56.4 cm³/mol. The Balaban J connectivity index is 3.35. The number of pyridine rings is 1. The van der Waals surface area contributed by atoms with Crippen LogP contribution < -0.4 is 4.74 Å². The third-order valence-electron chi connectivity index (χ3n) is 2.06. The van der Waals surface area contributed by atoms with Gasteiger partial charge in [-0.15, -0.1) is 0 Å². The lowest BCUT2D eigenvalue weighted by molar-refractivity contribution is 0.0513. The van der Waals surface area contributed by atoms with Crippen molar-refractivity contribution in [3.63, 3.8) is 0 Å². The molecule has 0 N–H and O–H groups in total. The van der Waals surface area contributed by atoms with Crippen LogP contribution in [0.4, 0.5) is 8.78 Å². The molecule has 0 fully saturated rings. The van der Waals surface area contributed by atoms with Crippen molar-refractivity contribution in [2.45, 2.75) is 20.3 Å². The van der Waals surface area contributed by atoms with Crippen LogP contribution in [0.5, 0.6) is 5.88 Å². The van der Waals surface area contributed by atoms with Gasteiger partial charge >= 0.3 is 5.97 Å². The molecule has 1 heterocycles. The van der Waals surface area contributed by atoms with Gasteiger partial charge in [0.15, 0.2) is 0 Å². The number of nitrogens with zero attached hydrogens (tertiary/aromatic N) is 1. The Kier molecular flexibility index (Phi) is 4.37. The largest absolute Gasteiger partial charge is 0.481 e. The Morgan fingerprint density at radius 2 is 2.18 bits per heavy atom. The number of alkyl halides is 2. The average molecular weight is 245 g/mol. The Morgan fingerprint density at radius 1 is 1.53 bits per heavy atom. The standard InChI is InChI=1S/C11H13F2NO3/c1-4-17-11(15)7-5-6(2)14-10(16-3)8(7)9(12)13/h5,9H,4H2,1-3H3. The van der Waals surface area contributed by atoms with E-state index in [0.29, 0.717) is 5.69 Å². The summed E-state index contributed by atoms with van der Waals surface area (Å²) in [6.07, 6.45) is -2.85. The van der Waals surface area contributed by atoms with Crippen molar-refractivity contribution >= 4 is 5.97 Å². The summed E-state index contributed by atoms with van der Waals surface area (Å²) >= 11 is 0. The molecule has 1 rings (SSSR count). The molecular formula is C11H13F2NO3. The number of carbonyl (C=O) groups is 1. The van der Waals surface area contributed by atoms with Crippen molar-refractivity contribution in [3.05, 3.63) is 22.9 Å². The number of methoxy groups -OCH3 is 1. The highest BCUT2D eigenvalue weighted by molar-refractivity contribution is 5.92. The molecule has 0 atom stereocenters. The fraction of sp³-hybridized carbons (Fsp3) is 0.455. The summed E-state index contributed by atoms with van der Waals surface area (Å²) in [5.74, 6) is -1.05. The van der Waals surface area contributed by atoms with Crippen molar-refractivity contribution in [1.29, 1.82) is 0 Å². The summed E-state index contributed by atoms with van der Waals surface area (Å²) < 4.78 is 35.2. The molecule has 0 aliphatic heterocycles. The molecule has 0 spiro atoms. The maximum atomic E-state index is 12.9. The number of rotatable bonds is 4. The minimum absolute atomic E-state index is 0.116. The van der Waals surface area contributed by atoms with Crippen LogP contribution >= 0.6 is 0 Å². The zero-order chi connectivity index (χ0) is 13.0. The van der Waals surface area contributed by atoms with Crippen LogP contribution in [0.25, 0.3) is 0 Å². The highest BCUT2D eigenvalue weighted by atomic mass is 19.3. The van der Waals surface area contributed by atoms with Crippen molar-refractivity contribution in [1.82, 2.24) is 4.98 Å². The average Bonchev–Trinajstić information content (AvgIpc) is 2.27. The first-order valence-corrected chi connectivity index (χ1v) is 5.02. The third kappa shape index (κ3) is 2.89. The number of aryl methyl sites for hydroxylation is 1. The van der Waals surface area contributed by atoms with E-state index < -0.39 is 18.0 Å². The quantitative estimate of drug-likeness (QED) is 0.765. The first-order chi connectivity index (χ1) is 8.01. The zero-order valence-corrected chi connectivity index (χ0v) is 9.79. The van der Waals surface area contributed by atoms with Gasteiger partial charge in [-0.1, -0.05) is 0 Å². The van der Waals surface area contributed by atoms with Crippen LogP contribution in [0.15, 0.2) is 6.07 Å². The van der Waals surface area contributed by atoms with Crippen LogP contribution in [0, 0.1) is 6.92 Å². The van der Waals surface area contributed by atoms with Gasteiger partial charge in [-0.25, -0.2) is 18.6 Å². The number of esters is 1. The molecule has 4 nitrogen and oxygen atoms in total. The first-order valence-electron chi connectivity index (χ1n) is 5.02. The minimum Gasteiger partial charge on any atom is -0.481 e. The molecule has 0 aliphatic carbocycles. The van der Waals surface area contributed by atoms with Crippen molar-refractivity contribution < 1.29 is 23.0 Å². The number of carbonyl (C=O) groups excluding carboxylic acids is 1. The van der Waals surface area contributed by atoms with Crippen LogP contribution in [0.2, 0.25) is 0 Å². The Hall–Kier alpha value is -1.72. The van der Waals surface area contributed by atoms with Gasteiger partial charge in [0.05, 0.1) is 24.8 Å². The van der Waals surface area contributed by atoms with Crippen molar-refractivity contribution in [2.24, 2.45) is 0 Å². The van der Waals surface area contributed by atoms with E-state index in [1.165, 1.54) is 13.2 Å². The SMILES string of the molecule is CCOC(=O)c1cc(C)nc(OC)c1C(F)F. The topological polar surface area (TPSA) is 48.4 Å². The van der Waals surface area contributed by atoms with Gasteiger partial charge in [0, 0.05) is 5.69 Å². The summed E-state index contributed by atoms with van der Waals surface area (Å²) in [5, 5.41) is 0. The van der Waals surface area contributed by atoms with Gasteiger partial charge in [0.2, 0.25) is 5.88 Å². The zero-order valence-electron chi connectivity index (χ0n) is 9.79. The number of ether oxygens (including phenoxy) is 2. The molecule has 6 heteroatoms. The molecule has 0 aromatic carbocycles. The summed E-state index contributed by atoms with van der Waals surface area (Å²) in [6, 6.07) is 1.27. The summed E-state index contributed by atoms with van der Waals surface area (Å²) in [4.78, 5) is 15.4. The van der Waals surface area contributed by atoms with Crippen LogP contribution in [-0.4, -0.2) is 24.7 Å². The molecule has 0 saturated heterocycles. The molecular weight excluding hydrogens is 232 g/mol. The van der Waals surface area contributed by atoms with Crippen molar-refractivity contribution in [2.75, 3.05) is 13.7 Å². The molecule has 1 aromatic heterocycles. The second-order valence-corrected chi connectivity index (χ2v) is 3.26. The van der Waals surface area contributed by atoms with Gasteiger partial charge in [-0.3, -0.25) is 0 Å².